The summed E-state index contributed by atoms with van der Waals surface area (Å²) in [5.74, 6) is -0.196. The quantitative estimate of drug-likeness (QED) is 0.896. The van der Waals surface area contributed by atoms with Gasteiger partial charge in [-0.05, 0) is 48.6 Å². The zero-order valence-corrected chi connectivity index (χ0v) is 12.0. The van der Waals surface area contributed by atoms with Crippen molar-refractivity contribution in [1.29, 1.82) is 0 Å². The lowest BCUT2D eigenvalue weighted by molar-refractivity contribution is 0.451. The second-order valence-corrected chi connectivity index (χ2v) is 5.76. The fourth-order valence-corrected chi connectivity index (χ4v) is 3.00. The third-order valence-electron chi connectivity index (χ3n) is 3.94. The summed E-state index contributed by atoms with van der Waals surface area (Å²) >= 11 is 5.91. The number of benzene rings is 2. The fourth-order valence-electron chi connectivity index (χ4n) is 2.81. The molecule has 3 rings (SSSR count). The molecule has 0 spiro atoms. The van der Waals surface area contributed by atoms with Gasteiger partial charge in [-0.15, -0.1) is 0 Å². The van der Waals surface area contributed by atoms with Gasteiger partial charge < -0.3 is 5.32 Å². The number of halogens is 2. The van der Waals surface area contributed by atoms with Gasteiger partial charge in [-0.2, -0.15) is 0 Å². The van der Waals surface area contributed by atoms with E-state index in [1.807, 2.05) is 0 Å². The Kier molecular flexibility index (Phi) is 4.04. The lowest BCUT2D eigenvalue weighted by Gasteiger charge is -2.25. The van der Waals surface area contributed by atoms with Crippen LogP contribution in [0, 0.1) is 5.82 Å². The summed E-state index contributed by atoms with van der Waals surface area (Å²) in [6.07, 6.45) is 3.20. The normalized spacial score (nSPS) is 17.8. The predicted octanol–water partition coefficient (Wildman–Crippen LogP) is 4.13. The van der Waals surface area contributed by atoms with Crippen molar-refractivity contribution in [2.75, 3.05) is 0 Å². The molecule has 0 aromatic heterocycles. The van der Waals surface area contributed by atoms with Crippen molar-refractivity contribution in [1.82, 2.24) is 5.32 Å². The summed E-state index contributed by atoms with van der Waals surface area (Å²) in [5, 5.41) is 4.03. The van der Waals surface area contributed by atoms with Crippen LogP contribution in [0.2, 0.25) is 5.02 Å². The van der Waals surface area contributed by atoms with E-state index in [0.29, 0.717) is 23.2 Å². The SMILES string of the molecule is Fc1ccc(Cl)cc1CNC1CCc2ccccc2C1. The highest BCUT2D eigenvalue weighted by molar-refractivity contribution is 6.30. The molecule has 1 aliphatic carbocycles. The van der Waals surface area contributed by atoms with Crippen LogP contribution in [0.5, 0.6) is 0 Å². The summed E-state index contributed by atoms with van der Waals surface area (Å²) in [7, 11) is 0. The number of aryl methyl sites for hydroxylation is 1. The third kappa shape index (κ3) is 3.02. The Labute approximate surface area is 123 Å². The molecule has 0 heterocycles. The molecule has 20 heavy (non-hydrogen) atoms. The maximum absolute atomic E-state index is 13.7. The molecule has 1 unspecified atom stereocenters. The molecular weight excluding hydrogens is 273 g/mol. The molecule has 2 aromatic carbocycles. The molecule has 0 amide bonds. The van der Waals surface area contributed by atoms with Crippen LogP contribution in [-0.2, 0) is 19.4 Å². The largest absolute Gasteiger partial charge is 0.309 e. The zero-order valence-electron chi connectivity index (χ0n) is 11.2. The van der Waals surface area contributed by atoms with E-state index in [2.05, 4.69) is 29.6 Å². The van der Waals surface area contributed by atoms with E-state index in [-0.39, 0.29) is 5.82 Å². The lowest BCUT2D eigenvalue weighted by Crippen LogP contribution is -2.34. The molecule has 0 saturated heterocycles. The summed E-state index contributed by atoms with van der Waals surface area (Å²) < 4.78 is 13.7. The van der Waals surface area contributed by atoms with Crippen LogP contribution in [0.1, 0.15) is 23.1 Å². The highest BCUT2D eigenvalue weighted by Crippen LogP contribution is 2.22. The van der Waals surface area contributed by atoms with E-state index in [9.17, 15) is 4.39 Å². The van der Waals surface area contributed by atoms with Crippen molar-refractivity contribution in [2.24, 2.45) is 0 Å². The van der Waals surface area contributed by atoms with Crippen LogP contribution in [0.4, 0.5) is 4.39 Å². The maximum atomic E-state index is 13.7. The van der Waals surface area contributed by atoms with Crippen LogP contribution in [0.15, 0.2) is 42.5 Å². The Balaban J connectivity index is 1.64. The minimum absolute atomic E-state index is 0.196. The van der Waals surface area contributed by atoms with E-state index in [0.717, 1.165) is 19.3 Å². The number of rotatable bonds is 3. The van der Waals surface area contributed by atoms with Crippen molar-refractivity contribution in [2.45, 2.75) is 31.8 Å². The zero-order chi connectivity index (χ0) is 13.9. The first-order valence-electron chi connectivity index (χ1n) is 6.96. The molecule has 1 N–H and O–H groups in total. The molecule has 1 atom stereocenters. The fraction of sp³-hybridized carbons (Fsp3) is 0.294. The molecule has 1 aliphatic rings. The summed E-state index contributed by atoms with van der Waals surface area (Å²) in [6, 6.07) is 13.7. The summed E-state index contributed by atoms with van der Waals surface area (Å²) in [4.78, 5) is 0. The number of nitrogens with one attached hydrogen (secondary N) is 1. The van der Waals surface area contributed by atoms with E-state index >= 15 is 0 Å². The molecule has 0 aliphatic heterocycles. The average molecular weight is 290 g/mol. The van der Waals surface area contributed by atoms with Gasteiger partial charge in [0.1, 0.15) is 5.82 Å². The van der Waals surface area contributed by atoms with Gasteiger partial charge in [-0.3, -0.25) is 0 Å². The third-order valence-corrected chi connectivity index (χ3v) is 4.17. The van der Waals surface area contributed by atoms with Gasteiger partial charge in [0.05, 0.1) is 0 Å². The maximum Gasteiger partial charge on any atom is 0.127 e. The second-order valence-electron chi connectivity index (χ2n) is 5.33. The van der Waals surface area contributed by atoms with Crippen LogP contribution in [0.3, 0.4) is 0 Å². The first-order valence-corrected chi connectivity index (χ1v) is 7.34. The van der Waals surface area contributed by atoms with E-state index in [1.54, 1.807) is 12.1 Å². The van der Waals surface area contributed by atoms with Gasteiger partial charge in [-0.1, -0.05) is 35.9 Å². The van der Waals surface area contributed by atoms with E-state index < -0.39 is 0 Å². The van der Waals surface area contributed by atoms with Gasteiger partial charge >= 0.3 is 0 Å². The molecular formula is C17H17ClFN. The Hall–Kier alpha value is -1.38. The molecule has 1 nitrogen and oxygen atoms in total. The van der Waals surface area contributed by atoms with Gasteiger partial charge in [0.2, 0.25) is 0 Å². The number of fused-ring (bicyclic) bond motifs is 1. The molecule has 0 bridgehead atoms. The first-order chi connectivity index (χ1) is 9.72. The van der Waals surface area contributed by atoms with Gasteiger partial charge in [-0.25, -0.2) is 4.39 Å². The number of hydrogen-bond donors (Lipinski definition) is 1. The van der Waals surface area contributed by atoms with Gasteiger partial charge in [0.15, 0.2) is 0 Å². The average Bonchev–Trinajstić information content (AvgIpc) is 2.48. The molecule has 3 heteroatoms. The van der Waals surface area contributed by atoms with Crippen LogP contribution in [0.25, 0.3) is 0 Å². The van der Waals surface area contributed by atoms with E-state index in [1.165, 1.54) is 17.2 Å². The molecule has 0 saturated carbocycles. The minimum atomic E-state index is -0.196. The van der Waals surface area contributed by atoms with Crippen molar-refractivity contribution >= 4 is 11.6 Å². The number of hydrogen-bond acceptors (Lipinski definition) is 1. The minimum Gasteiger partial charge on any atom is -0.309 e. The van der Waals surface area contributed by atoms with Crippen molar-refractivity contribution in [3.05, 3.63) is 70.0 Å². The monoisotopic (exact) mass is 289 g/mol. The Bertz CT molecular complexity index is 612. The standard InChI is InChI=1S/C17H17ClFN/c18-15-6-8-17(19)14(9-15)11-20-16-7-5-12-3-1-2-4-13(12)10-16/h1-4,6,8-9,16,20H,5,7,10-11H2. The van der Waals surface area contributed by atoms with E-state index in [4.69, 9.17) is 11.6 Å². The van der Waals surface area contributed by atoms with Crippen LogP contribution >= 0.6 is 11.6 Å². The molecule has 0 fully saturated rings. The molecule has 0 radical (unpaired) electrons. The Morgan fingerprint density at radius 1 is 1.15 bits per heavy atom. The molecule has 104 valence electrons. The van der Waals surface area contributed by atoms with Crippen LogP contribution < -0.4 is 5.32 Å². The van der Waals surface area contributed by atoms with Crippen molar-refractivity contribution in [3.8, 4) is 0 Å². The lowest BCUT2D eigenvalue weighted by atomic mass is 9.88. The Morgan fingerprint density at radius 2 is 1.95 bits per heavy atom. The van der Waals surface area contributed by atoms with Crippen LogP contribution in [-0.4, -0.2) is 6.04 Å². The highest BCUT2D eigenvalue weighted by Gasteiger charge is 2.17. The molecule has 2 aromatic rings. The summed E-state index contributed by atoms with van der Waals surface area (Å²) in [5.41, 5.74) is 3.48. The topological polar surface area (TPSA) is 12.0 Å². The van der Waals surface area contributed by atoms with Crippen molar-refractivity contribution < 1.29 is 4.39 Å². The Morgan fingerprint density at radius 3 is 2.80 bits per heavy atom. The highest BCUT2D eigenvalue weighted by atomic mass is 35.5. The van der Waals surface area contributed by atoms with Gasteiger partial charge in [0, 0.05) is 23.2 Å². The first kappa shape index (κ1) is 13.6. The second kappa shape index (κ2) is 5.94. The van der Waals surface area contributed by atoms with Gasteiger partial charge in [0.25, 0.3) is 0 Å². The summed E-state index contributed by atoms with van der Waals surface area (Å²) in [6.45, 7) is 0.527. The predicted molar refractivity (Wildman–Crippen MR) is 80.5 cm³/mol. The smallest absolute Gasteiger partial charge is 0.127 e. The van der Waals surface area contributed by atoms with Crippen molar-refractivity contribution in [3.63, 3.8) is 0 Å².